The molecule has 0 aliphatic heterocycles. The molecule has 0 saturated heterocycles. The van der Waals surface area contributed by atoms with Crippen LogP contribution in [0, 0.1) is 0 Å². The number of aliphatic hydroxyl groups excluding tert-OH is 1. The van der Waals surface area contributed by atoms with Crippen molar-refractivity contribution in [2.75, 3.05) is 40.9 Å². The van der Waals surface area contributed by atoms with E-state index in [1.807, 2.05) is 27.2 Å². The Labute approximate surface area is 357 Å². The van der Waals surface area contributed by atoms with E-state index in [1.54, 1.807) is 6.08 Å². The number of carbonyl (C=O) groups excluding carboxylic acids is 1. The van der Waals surface area contributed by atoms with Crippen LogP contribution in [0.1, 0.15) is 181 Å². The summed E-state index contributed by atoms with van der Waals surface area (Å²) >= 11 is 0. The first kappa shape index (κ1) is 55.9. The van der Waals surface area contributed by atoms with Crippen LogP contribution >= 0.6 is 7.82 Å². The van der Waals surface area contributed by atoms with Gasteiger partial charge in [-0.15, -0.1) is 0 Å². The van der Waals surface area contributed by atoms with Gasteiger partial charge in [0.1, 0.15) is 13.2 Å². The molecule has 3 unspecified atom stereocenters. The third-order valence-corrected chi connectivity index (χ3v) is 10.9. The summed E-state index contributed by atoms with van der Waals surface area (Å²) < 4.78 is 23.5. The number of phosphoric acid groups is 1. The molecule has 3 atom stereocenters. The minimum Gasteiger partial charge on any atom is -0.387 e. The lowest BCUT2D eigenvalue weighted by Gasteiger charge is -2.25. The molecule has 58 heavy (non-hydrogen) atoms. The van der Waals surface area contributed by atoms with E-state index in [0.29, 0.717) is 17.4 Å². The van der Waals surface area contributed by atoms with Crippen molar-refractivity contribution >= 4 is 13.7 Å². The van der Waals surface area contributed by atoms with E-state index in [2.05, 4.69) is 79.9 Å². The van der Waals surface area contributed by atoms with Crippen LogP contribution in [0.3, 0.4) is 0 Å². The van der Waals surface area contributed by atoms with Crippen molar-refractivity contribution in [3.63, 3.8) is 0 Å². The fourth-order valence-corrected chi connectivity index (χ4v) is 6.94. The standard InChI is InChI=1S/C49H89N2O6P/c1-6-8-10-12-14-16-18-20-22-23-24-25-26-27-29-30-32-34-36-38-40-42-48(52)47(46-57-58(54,55)56-45-44-51(3,4)5)50-49(53)43-41-39-37-35-33-31-28-21-19-17-15-13-11-9-7-2/h9,11,15,17,21,26-28,32,34,40,42,47-48,52H,6-8,10,12-14,16,18-20,22-25,29-31,33,35-39,41,43-46H2,1-5H3,(H-,50,53,54,55)/p+1/b11-9-,17-15-,27-26+,28-21-,34-32+,42-40+. The van der Waals surface area contributed by atoms with Crippen LogP contribution in [-0.4, -0.2) is 73.4 Å². The summed E-state index contributed by atoms with van der Waals surface area (Å²) in [7, 11) is 1.52. The Bertz CT molecular complexity index is 1170. The molecule has 0 heterocycles. The Balaban J connectivity index is 4.50. The van der Waals surface area contributed by atoms with E-state index in [-0.39, 0.29) is 19.1 Å². The average molecular weight is 834 g/mol. The molecule has 0 radical (unpaired) electrons. The average Bonchev–Trinajstić information content (AvgIpc) is 3.17. The minimum atomic E-state index is -4.36. The number of likely N-dealkylation sites (N-methyl/N-ethyl adjacent to an activating group) is 1. The zero-order chi connectivity index (χ0) is 42.8. The summed E-state index contributed by atoms with van der Waals surface area (Å²) in [6.45, 7) is 4.64. The number of rotatable bonds is 41. The first-order chi connectivity index (χ1) is 28.0. The maximum absolute atomic E-state index is 12.9. The number of phosphoric ester groups is 1. The van der Waals surface area contributed by atoms with Crippen LogP contribution in [0.4, 0.5) is 0 Å². The number of allylic oxidation sites excluding steroid dienone is 11. The van der Waals surface area contributed by atoms with Crippen LogP contribution in [0.2, 0.25) is 0 Å². The quantitative estimate of drug-likeness (QED) is 0.0245. The normalized spacial score (nSPS) is 14.9. The Kier molecular flexibility index (Phi) is 38.9. The SMILES string of the molecule is CC/C=C\C/C=C\C/C=C\CCCCCCCC(=O)NC(COP(=O)(O)OCC[N+](C)(C)C)C(O)/C=C/CC/C=C/CC/C=C/CCCCCCCCCCCCC. The van der Waals surface area contributed by atoms with Gasteiger partial charge < -0.3 is 19.8 Å². The van der Waals surface area contributed by atoms with Crippen molar-refractivity contribution in [3.05, 3.63) is 72.9 Å². The van der Waals surface area contributed by atoms with E-state index in [4.69, 9.17) is 9.05 Å². The van der Waals surface area contributed by atoms with Crippen molar-refractivity contribution in [3.8, 4) is 0 Å². The van der Waals surface area contributed by atoms with E-state index < -0.39 is 20.0 Å². The number of aliphatic hydroxyl groups is 1. The molecule has 0 saturated carbocycles. The number of carbonyl (C=O) groups is 1. The van der Waals surface area contributed by atoms with Crippen LogP contribution in [0.15, 0.2) is 72.9 Å². The molecular formula is C49H90N2O6P+. The second kappa shape index (κ2) is 40.4. The van der Waals surface area contributed by atoms with Crippen molar-refractivity contribution in [1.29, 1.82) is 0 Å². The maximum Gasteiger partial charge on any atom is 0.472 e. The van der Waals surface area contributed by atoms with Crippen molar-refractivity contribution < 1.29 is 32.9 Å². The fourth-order valence-electron chi connectivity index (χ4n) is 6.20. The van der Waals surface area contributed by atoms with E-state index >= 15 is 0 Å². The van der Waals surface area contributed by atoms with E-state index in [9.17, 15) is 19.4 Å². The first-order valence-corrected chi connectivity index (χ1v) is 24.8. The van der Waals surface area contributed by atoms with E-state index in [0.717, 1.165) is 83.5 Å². The second-order valence-corrected chi connectivity index (χ2v) is 18.2. The summed E-state index contributed by atoms with van der Waals surface area (Å²) in [6.07, 6.45) is 54.1. The lowest BCUT2D eigenvalue weighted by Crippen LogP contribution is -2.45. The van der Waals surface area contributed by atoms with Gasteiger partial charge in [-0.2, -0.15) is 0 Å². The van der Waals surface area contributed by atoms with Gasteiger partial charge in [0.25, 0.3) is 0 Å². The lowest BCUT2D eigenvalue weighted by molar-refractivity contribution is -0.870. The fraction of sp³-hybridized carbons (Fsp3) is 0.735. The summed E-state index contributed by atoms with van der Waals surface area (Å²) in [5.41, 5.74) is 0. The van der Waals surface area contributed by atoms with Gasteiger partial charge in [-0.1, -0.05) is 170 Å². The van der Waals surface area contributed by atoms with Gasteiger partial charge in [-0.05, 0) is 77.0 Å². The highest BCUT2D eigenvalue weighted by Gasteiger charge is 2.27. The first-order valence-electron chi connectivity index (χ1n) is 23.3. The molecule has 0 aromatic rings. The molecule has 0 rings (SSSR count). The maximum atomic E-state index is 12.9. The summed E-state index contributed by atoms with van der Waals surface area (Å²) in [5.74, 6) is -0.211. The predicted octanol–water partition coefficient (Wildman–Crippen LogP) is 13.2. The molecule has 0 fully saturated rings. The number of hydrogen-bond donors (Lipinski definition) is 3. The van der Waals surface area contributed by atoms with Gasteiger partial charge in [0.05, 0.1) is 39.9 Å². The van der Waals surface area contributed by atoms with Crippen molar-refractivity contribution in [2.45, 2.75) is 193 Å². The molecule has 9 heteroatoms. The van der Waals surface area contributed by atoms with Gasteiger partial charge in [-0.3, -0.25) is 13.8 Å². The minimum absolute atomic E-state index is 0.0465. The highest BCUT2D eigenvalue weighted by atomic mass is 31.2. The van der Waals surface area contributed by atoms with Gasteiger partial charge in [-0.25, -0.2) is 4.57 Å². The molecule has 8 nitrogen and oxygen atoms in total. The highest BCUT2D eigenvalue weighted by Crippen LogP contribution is 2.43. The number of unbranched alkanes of at least 4 members (excludes halogenated alkanes) is 18. The Morgan fingerprint density at radius 2 is 1.05 bits per heavy atom. The van der Waals surface area contributed by atoms with E-state index in [1.165, 1.54) is 77.0 Å². The number of nitrogens with zero attached hydrogens (tertiary/aromatic N) is 1. The molecule has 0 aromatic heterocycles. The molecular weight excluding hydrogens is 744 g/mol. The number of quaternary nitrogens is 1. The largest absolute Gasteiger partial charge is 0.472 e. The lowest BCUT2D eigenvalue weighted by atomic mass is 10.1. The molecule has 0 aliphatic rings. The summed E-state index contributed by atoms with van der Waals surface area (Å²) in [4.78, 5) is 23.1. The molecule has 0 aliphatic carbocycles. The van der Waals surface area contributed by atoms with Gasteiger partial charge in [0, 0.05) is 6.42 Å². The Morgan fingerprint density at radius 1 is 0.603 bits per heavy atom. The number of amides is 1. The highest BCUT2D eigenvalue weighted by molar-refractivity contribution is 7.47. The monoisotopic (exact) mass is 834 g/mol. The molecule has 0 bridgehead atoms. The molecule has 0 aromatic carbocycles. The van der Waals surface area contributed by atoms with Crippen molar-refractivity contribution in [2.24, 2.45) is 0 Å². The third kappa shape index (κ3) is 42.1. The van der Waals surface area contributed by atoms with Crippen LogP contribution < -0.4 is 5.32 Å². The van der Waals surface area contributed by atoms with Crippen molar-refractivity contribution in [1.82, 2.24) is 5.32 Å². The van der Waals surface area contributed by atoms with Gasteiger partial charge in [0.15, 0.2) is 0 Å². The Hall–Kier alpha value is -2.06. The van der Waals surface area contributed by atoms with Crippen LogP contribution in [0.25, 0.3) is 0 Å². The molecule has 3 N–H and O–H groups in total. The Morgan fingerprint density at radius 3 is 1.59 bits per heavy atom. The van der Waals surface area contributed by atoms with Crippen LogP contribution in [-0.2, 0) is 18.4 Å². The predicted molar refractivity (Wildman–Crippen MR) is 249 cm³/mol. The van der Waals surface area contributed by atoms with Gasteiger partial charge >= 0.3 is 7.82 Å². The third-order valence-electron chi connectivity index (χ3n) is 9.89. The van der Waals surface area contributed by atoms with Crippen LogP contribution in [0.5, 0.6) is 0 Å². The number of hydrogen-bond acceptors (Lipinski definition) is 5. The van der Waals surface area contributed by atoms with Gasteiger partial charge in [0.2, 0.25) is 5.91 Å². The zero-order valence-corrected chi connectivity index (χ0v) is 38.9. The summed E-state index contributed by atoms with van der Waals surface area (Å²) in [6, 6.07) is -0.881. The molecule has 1 amide bonds. The molecule has 336 valence electrons. The number of nitrogens with one attached hydrogen (secondary N) is 1. The summed E-state index contributed by atoms with van der Waals surface area (Å²) in [5, 5.41) is 13.8. The smallest absolute Gasteiger partial charge is 0.387 e. The second-order valence-electron chi connectivity index (χ2n) is 16.7. The zero-order valence-electron chi connectivity index (χ0n) is 38.0. The molecule has 0 spiro atoms. The topological polar surface area (TPSA) is 105 Å².